The summed E-state index contributed by atoms with van der Waals surface area (Å²) in [6, 6.07) is 8.16. The molecule has 0 saturated heterocycles. The molecule has 8 heteroatoms. The number of carbonyl (C=O) groups is 1. The number of hydrogen-bond acceptors (Lipinski definition) is 5. The highest BCUT2D eigenvalue weighted by molar-refractivity contribution is 9.10. The molecule has 0 unspecified atom stereocenters. The molecule has 2 aliphatic rings. The number of rotatable bonds is 5. The van der Waals surface area contributed by atoms with E-state index in [9.17, 15) is 4.79 Å². The molecule has 2 aliphatic carbocycles. The summed E-state index contributed by atoms with van der Waals surface area (Å²) in [7, 11) is 4.03. The minimum atomic E-state index is -0.253. The minimum Gasteiger partial charge on any atom is -0.378 e. The van der Waals surface area contributed by atoms with Crippen molar-refractivity contribution in [1.29, 1.82) is 0 Å². The van der Waals surface area contributed by atoms with E-state index in [4.69, 9.17) is 5.73 Å². The number of allylic oxidation sites excluding steroid dienone is 1. The molecule has 1 amide bonds. The van der Waals surface area contributed by atoms with Crippen molar-refractivity contribution >= 4 is 44.4 Å². The van der Waals surface area contributed by atoms with Gasteiger partial charge in [-0.05, 0) is 58.5 Å². The van der Waals surface area contributed by atoms with Gasteiger partial charge in [0.1, 0.15) is 11.3 Å². The van der Waals surface area contributed by atoms with Crippen LogP contribution in [0.1, 0.15) is 6.42 Å². The van der Waals surface area contributed by atoms with Gasteiger partial charge in [-0.25, -0.2) is 9.97 Å². The van der Waals surface area contributed by atoms with Crippen molar-refractivity contribution < 1.29 is 4.79 Å². The number of nitrogens with zero attached hydrogens (tertiary/aromatic N) is 3. The average Bonchev–Trinajstić information content (AvgIpc) is 3.44. The molecule has 5 rings (SSSR count). The molecule has 0 spiro atoms. The maximum atomic E-state index is 12.1. The summed E-state index contributed by atoms with van der Waals surface area (Å²) < 4.78 is 0.822. The van der Waals surface area contributed by atoms with E-state index in [-0.39, 0.29) is 23.8 Å². The summed E-state index contributed by atoms with van der Waals surface area (Å²) in [6.45, 7) is 0. The Labute approximate surface area is 182 Å². The first-order chi connectivity index (χ1) is 14.4. The van der Waals surface area contributed by atoms with E-state index in [2.05, 4.69) is 65.4 Å². The Bertz CT molecular complexity index is 1150. The van der Waals surface area contributed by atoms with Gasteiger partial charge in [0, 0.05) is 37.6 Å². The van der Waals surface area contributed by atoms with Gasteiger partial charge in [0.15, 0.2) is 5.65 Å². The molecule has 30 heavy (non-hydrogen) atoms. The number of nitrogens with two attached hydrogens (primary N) is 1. The van der Waals surface area contributed by atoms with Crippen LogP contribution in [0, 0.1) is 17.8 Å². The fourth-order valence-corrected chi connectivity index (χ4v) is 5.12. The highest BCUT2D eigenvalue weighted by Gasteiger charge is 2.47. The van der Waals surface area contributed by atoms with Gasteiger partial charge in [-0.1, -0.05) is 12.2 Å². The number of aromatic nitrogens is 3. The number of fused-ring (bicyclic) bond motifs is 3. The summed E-state index contributed by atoms with van der Waals surface area (Å²) in [4.78, 5) is 26.7. The van der Waals surface area contributed by atoms with E-state index in [1.807, 2.05) is 26.2 Å². The first-order valence-electron chi connectivity index (χ1n) is 9.98. The van der Waals surface area contributed by atoms with Crippen molar-refractivity contribution in [2.45, 2.75) is 12.5 Å². The molecular weight excluding hydrogens is 444 g/mol. The van der Waals surface area contributed by atoms with Crippen LogP contribution in [0.4, 0.5) is 11.4 Å². The molecule has 4 atom stereocenters. The number of benzene rings is 1. The number of carbonyl (C=O) groups excluding carboxylic acids is 1. The molecule has 154 valence electrons. The Morgan fingerprint density at radius 2 is 1.97 bits per heavy atom. The van der Waals surface area contributed by atoms with Gasteiger partial charge in [-0.15, -0.1) is 0 Å². The molecule has 1 aromatic carbocycles. The second-order valence-corrected chi connectivity index (χ2v) is 9.11. The highest BCUT2D eigenvalue weighted by atomic mass is 79.9. The zero-order chi connectivity index (χ0) is 21.0. The van der Waals surface area contributed by atoms with E-state index < -0.39 is 0 Å². The lowest BCUT2D eigenvalue weighted by molar-refractivity contribution is -0.122. The second kappa shape index (κ2) is 7.12. The molecule has 0 radical (unpaired) electrons. The van der Waals surface area contributed by atoms with Crippen molar-refractivity contribution in [1.82, 2.24) is 15.0 Å². The standard InChI is InChI=1S/C22H23BrN6O/c1-29(2)14-7-5-11(6-8-14)21-27-19-18(15(23)10-25-22(19)28-21)26-17-13-4-3-12(9-13)16(17)20(24)30/h3-8,10,12-13,16-17H,9H2,1-2H3,(H2,24,30)(H2,25,26,27,28)/t12-,13-,16+,17-/m1/s1. The predicted octanol–water partition coefficient (Wildman–Crippen LogP) is 3.54. The van der Waals surface area contributed by atoms with Crippen LogP contribution in [0.5, 0.6) is 0 Å². The zero-order valence-corrected chi connectivity index (χ0v) is 18.3. The Hall–Kier alpha value is -2.87. The molecule has 2 heterocycles. The van der Waals surface area contributed by atoms with Crippen LogP contribution < -0.4 is 16.0 Å². The van der Waals surface area contributed by atoms with Crippen LogP contribution in [-0.2, 0) is 4.79 Å². The fourth-order valence-electron chi connectivity index (χ4n) is 4.70. The molecule has 4 N–H and O–H groups in total. The summed E-state index contributed by atoms with van der Waals surface area (Å²) in [5.41, 5.74) is 10.1. The number of halogens is 1. The number of H-pyrrole nitrogens is 1. The summed E-state index contributed by atoms with van der Waals surface area (Å²) >= 11 is 3.61. The maximum Gasteiger partial charge on any atom is 0.223 e. The van der Waals surface area contributed by atoms with E-state index in [0.717, 1.165) is 39.2 Å². The Balaban J connectivity index is 1.52. The Kier molecular flexibility index (Phi) is 4.54. The number of hydrogen-bond donors (Lipinski definition) is 3. The van der Waals surface area contributed by atoms with Crippen LogP contribution in [-0.4, -0.2) is 41.0 Å². The van der Waals surface area contributed by atoms with E-state index in [1.165, 1.54) is 0 Å². The lowest BCUT2D eigenvalue weighted by atomic mass is 9.88. The maximum absolute atomic E-state index is 12.1. The Morgan fingerprint density at radius 3 is 2.67 bits per heavy atom. The molecule has 2 aromatic heterocycles. The van der Waals surface area contributed by atoms with Gasteiger partial charge in [0.05, 0.1) is 16.1 Å². The van der Waals surface area contributed by atoms with Crippen molar-refractivity contribution in [2.24, 2.45) is 23.5 Å². The molecule has 0 aliphatic heterocycles. The van der Waals surface area contributed by atoms with Crippen molar-refractivity contribution in [3.8, 4) is 11.4 Å². The lowest BCUT2D eigenvalue weighted by Crippen LogP contribution is -2.41. The van der Waals surface area contributed by atoms with E-state index in [1.54, 1.807) is 6.20 Å². The van der Waals surface area contributed by atoms with Gasteiger partial charge in [0.2, 0.25) is 5.91 Å². The quantitative estimate of drug-likeness (QED) is 0.499. The van der Waals surface area contributed by atoms with Crippen molar-refractivity contribution in [3.05, 3.63) is 47.1 Å². The largest absolute Gasteiger partial charge is 0.378 e. The number of nitrogens with one attached hydrogen (secondary N) is 2. The predicted molar refractivity (Wildman–Crippen MR) is 122 cm³/mol. The second-order valence-electron chi connectivity index (χ2n) is 8.25. The minimum absolute atomic E-state index is 0.0366. The van der Waals surface area contributed by atoms with E-state index in [0.29, 0.717) is 11.6 Å². The van der Waals surface area contributed by atoms with Crippen molar-refractivity contribution in [2.75, 3.05) is 24.3 Å². The molecule has 1 fully saturated rings. The topological polar surface area (TPSA) is 99.9 Å². The lowest BCUT2D eigenvalue weighted by Gasteiger charge is -2.28. The van der Waals surface area contributed by atoms with Crippen LogP contribution >= 0.6 is 15.9 Å². The SMILES string of the molecule is CN(C)c1ccc(-c2nc3ncc(Br)c(N[C@H]4[C@@H](C(N)=O)[C@@H]5C=C[C@@H]4C5)c3[nH]2)cc1. The van der Waals surface area contributed by atoms with Crippen LogP contribution in [0.2, 0.25) is 0 Å². The number of anilines is 2. The number of amides is 1. The van der Waals surface area contributed by atoms with Crippen LogP contribution in [0.25, 0.3) is 22.6 Å². The Morgan fingerprint density at radius 1 is 1.23 bits per heavy atom. The first kappa shape index (κ1) is 19.1. The fraction of sp³-hybridized carbons (Fsp3) is 0.318. The normalized spacial score (nSPS) is 24.5. The smallest absolute Gasteiger partial charge is 0.223 e. The number of primary amides is 1. The van der Waals surface area contributed by atoms with Crippen molar-refractivity contribution in [3.63, 3.8) is 0 Å². The van der Waals surface area contributed by atoms with Gasteiger partial charge >= 0.3 is 0 Å². The third-order valence-electron chi connectivity index (χ3n) is 6.23. The molecular formula is C22H23BrN6O. The average molecular weight is 467 g/mol. The first-order valence-corrected chi connectivity index (χ1v) is 10.8. The molecule has 3 aromatic rings. The summed E-state index contributed by atoms with van der Waals surface area (Å²) in [5.74, 6) is 0.800. The monoisotopic (exact) mass is 466 g/mol. The molecule has 1 saturated carbocycles. The third-order valence-corrected chi connectivity index (χ3v) is 6.83. The third kappa shape index (κ3) is 3.06. The van der Waals surface area contributed by atoms with Crippen LogP contribution in [0.3, 0.4) is 0 Å². The van der Waals surface area contributed by atoms with Gasteiger partial charge in [-0.2, -0.15) is 0 Å². The summed E-state index contributed by atoms with van der Waals surface area (Å²) in [6.07, 6.45) is 7.02. The van der Waals surface area contributed by atoms with Gasteiger partial charge in [0.25, 0.3) is 0 Å². The number of imidazole rings is 1. The highest BCUT2D eigenvalue weighted by Crippen LogP contribution is 2.46. The number of aromatic amines is 1. The van der Waals surface area contributed by atoms with E-state index >= 15 is 0 Å². The molecule has 7 nitrogen and oxygen atoms in total. The molecule has 2 bridgehead atoms. The van der Waals surface area contributed by atoms with Gasteiger partial charge in [-0.3, -0.25) is 4.79 Å². The van der Waals surface area contributed by atoms with Gasteiger partial charge < -0.3 is 20.9 Å². The summed E-state index contributed by atoms with van der Waals surface area (Å²) in [5, 5.41) is 3.59. The zero-order valence-electron chi connectivity index (χ0n) is 16.8. The number of pyridine rings is 1. The van der Waals surface area contributed by atoms with Crippen LogP contribution in [0.15, 0.2) is 47.1 Å².